The number of hydrogen-bond donors (Lipinski definition) is 1. The molecular weight excluding hydrogens is 547 g/mol. The average molecular weight is 574 g/mol. The number of hydrogen-bond acceptors (Lipinski definition) is 6. The van der Waals surface area contributed by atoms with Gasteiger partial charge in [0.2, 0.25) is 0 Å². The van der Waals surface area contributed by atoms with Crippen molar-refractivity contribution in [3.05, 3.63) is 82.5 Å². The molecule has 3 aromatic carbocycles. The van der Waals surface area contributed by atoms with E-state index in [1.807, 2.05) is 44.4 Å². The minimum absolute atomic E-state index is 0.127. The fraction of sp³-hybridized carbons (Fsp3) is 0.222. The first-order valence-electron chi connectivity index (χ1n) is 11.7. The summed E-state index contributed by atoms with van der Waals surface area (Å²) in [6.07, 6.45) is 1.85. The molecule has 0 aliphatic carbocycles. The van der Waals surface area contributed by atoms with Crippen LogP contribution in [0, 0.1) is 0 Å². The highest BCUT2D eigenvalue weighted by atomic mass is 35.5. The van der Waals surface area contributed by atoms with Gasteiger partial charge in [-0.05, 0) is 92.8 Å². The maximum Gasteiger partial charge on any atom is 0.324 e. The van der Waals surface area contributed by atoms with Crippen molar-refractivity contribution in [1.82, 2.24) is 15.1 Å². The number of aryl methyl sites for hydroxylation is 1. The van der Waals surface area contributed by atoms with Gasteiger partial charge in [0, 0.05) is 15.6 Å². The molecule has 0 unspecified atom stereocenters. The van der Waals surface area contributed by atoms with E-state index in [1.54, 1.807) is 18.2 Å². The summed E-state index contributed by atoms with van der Waals surface area (Å²) in [5.41, 5.74) is 2.72. The Bertz CT molecular complexity index is 1560. The number of aromatic nitrogens is 2. The first-order valence-corrected chi connectivity index (χ1v) is 13.9. The lowest BCUT2D eigenvalue weighted by atomic mass is 10.0. The van der Waals surface area contributed by atoms with Gasteiger partial charge in [-0.1, -0.05) is 41.4 Å². The molecule has 38 heavy (non-hydrogen) atoms. The van der Waals surface area contributed by atoms with E-state index in [4.69, 9.17) is 23.2 Å². The third kappa shape index (κ3) is 6.60. The van der Waals surface area contributed by atoms with Crippen molar-refractivity contribution in [3.63, 3.8) is 0 Å². The van der Waals surface area contributed by atoms with Crippen molar-refractivity contribution in [3.8, 4) is 11.3 Å². The molecule has 1 N–H and O–H groups in total. The standard InChI is InChI=1S/C27H26Cl2N4O4S/c1-32(2)11-3-4-23-8-10-26(31-30-23)20-6-5-19-13-24(9-7-18(19)12-20)33(17-27(34)35)38(36,37)25-15-21(28)14-22(29)16-25/h5-10,12-16H,3-4,11,17H2,1-2H3,(H,34,35). The maximum absolute atomic E-state index is 13.4. The third-order valence-corrected chi connectivity index (χ3v) is 8.06. The van der Waals surface area contributed by atoms with E-state index in [2.05, 4.69) is 15.1 Å². The van der Waals surface area contributed by atoms with Gasteiger partial charge in [-0.2, -0.15) is 10.2 Å². The Morgan fingerprint density at radius 1 is 0.895 bits per heavy atom. The Balaban J connectivity index is 1.63. The molecule has 0 saturated carbocycles. The molecule has 0 aliphatic heterocycles. The number of rotatable bonds is 10. The summed E-state index contributed by atoms with van der Waals surface area (Å²) in [4.78, 5) is 13.5. The SMILES string of the molecule is CN(C)CCCc1ccc(-c2ccc3cc(N(CC(=O)O)S(=O)(=O)c4cc(Cl)cc(Cl)c4)ccc3c2)nn1. The Morgan fingerprint density at radius 3 is 2.21 bits per heavy atom. The second-order valence-corrected chi connectivity index (χ2v) is 11.8. The summed E-state index contributed by atoms with van der Waals surface area (Å²) in [6.45, 7) is 0.209. The van der Waals surface area contributed by atoms with E-state index in [1.165, 1.54) is 18.2 Å². The van der Waals surface area contributed by atoms with Crippen molar-refractivity contribution in [2.24, 2.45) is 0 Å². The van der Waals surface area contributed by atoms with Crippen LogP contribution in [0.4, 0.5) is 5.69 Å². The number of nitrogens with zero attached hydrogens (tertiary/aromatic N) is 4. The van der Waals surface area contributed by atoms with Crippen LogP contribution in [0.1, 0.15) is 12.1 Å². The topological polar surface area (TPSA) is 104 Å². The van der Waals surface area contributed by atoms with E-state index in [9.17, 15) is 18.3 Å². The number of halogens is 2. The van der Waals surface area contributed by atoms with E-state index in [0.29, 0.717) is 0 Å². The molecule has 8 nitrogen and oxygen atoms in total. The smallest absolute Gasteiger partial charge is 0.324 e. The minimum Gasteiger partial charge on any atom is -0.480 e. The molecule has 198 valence electrons. The third-order valence-electron chi connectivity index (χ3n) is 5.87. The molecule has 4 rings (SSSR count). The largest absolute Gasteiger partial charge is 0.480 e. The molecule has 0 bridgehead atoms. The quantitative estimate of drug-likeness (QED) is 0.272. The number of carbonyl (C=O) groups is 1. The number of sulfonamides is 1. The fourth-order valence-corrected chi connectivity index (χ4v) is 6.15. The van der Waals surface area contributed by atoms with Crippen molar-refractivity contribution < 1.29 is 18.3 Å². The predicted octanol–water partition coefficient (Wildman–Crippen LogP) is 5.38. The predicted molar refractivity (Wildman–Crippen MR) is 150 cm³/mol. The number of aliphatic carboxylic acids is 1. The first-order chi connectivity index (χ1) is 18.0. The molecular formula is C27H26Cl2N4O4S. The lowest BCUT2D eigenvalue weighted by Crippen LogP contribution is -2.35. The molecule has 4 aromatic rings. The molecule has 0 aliphatic rings. The van der Waals surface area contributed by atoms with Gasteiger partial charge in [-0.3, -0.25) is 9.10 Å². The van der Waals surface area contributed by atoms with E-state index >= 15 is 0 Å². The van der Waals surface area contributed by atoms with Gasteiger partial charge in [0.15, 0.2) is 0 Å². The Kier molecular flexibility index (Phi) is 8.52. The second-order valence-electron chi connectivity index (χ2n) is 9.07. The van der Waals surface area contributed by atoms with Gasteiger partial charge < -0.3 is 10.0 Å². The lowest BCUT2D eigenvalue weighted by molar-refractivity contribution is -0.135. The molecule has 0 spiro atoms. The zero-order chi connectivity index (χ0) is 27.4. The van der Waals surface area contributed by atoms with Crippen LogP contribution in [-0.2, 0) is 21.2 Å². The normalized spacial score (nSPS) is 11.7. The van der Waals surface area contributed by atoms with Crippen molar-refractivity contribution in [1.29, 1.82) is 0 Å². The Hall–Kier alpha value is -3.24. The molecule has 0 amide bonds. The second kappa shape index (κ2) is 11.7. The van der Waals surface area contributed by atoms with Gasteiger partial charge in [0.05, 0.1) is 22.0 Å². The van der Waals surface area contributed by atoms with Crippen LogP contribution < -0.4 is 4.31 Å². The van der Waals surface area contributed by atoms with Gasteiger partial charge >= 0.3 is 5.97 Å². The molecule has 0 atom stereocenters. The molecule has 1 aromatic heterocycles. The average Bonchev–Trinajstić information content (AvgIpc) is 2.86. The van der Waals surface area contributed by atoms with Crippen molar-refractivity contribution in [2.45, 2.75) is 17.7 Å². The van der Waals surface area contributed by atoms with Crippen LogP contribution in [0.15, 0.2) is 71.6 Å². The zero-order valence-corrected chi connectivity index (χ0v) is 23.1. The van der Waals surface area contributed by atoms with Gasteiger partial charge in [-0.25, -0.2) is 8.42 Å². The number of carboxylic acids is 1. The van der Waals surface area contributed by atoms with Crippen LogP contribution in [0.25, 0.3) is 22.0 Å². The number of fused-ring (bicyclic) bond motifs is 1. The molecule has 1 heterocycles. The Labute approximate surface area is 231 Å². The highest BCUT2D eigenvalue weighted by Gasteiger charge is 2.28. The first kappa shape index (κ1) is 27.8. The lowest BCUT2D eigenvalue weighted by Gasteiger charge is -2.23. The monoisotopic (exact) mass is 572 g/mol. The summed E-state index contributed by atoms with van der Waals surface area (Å²) in [5.74, 6) is -1.30. The summed E-state index contributed by atoms with van der Waals surface area (Å²) >= 11 is 12.0. The molecule has 0 radical (unpaired) electrons. The zero-order valence-electron chi connectivity index (χ0n) is 20.8. The molecule has 0 fully saturated rings. The van der Waals surface area contributed by atoms with Crippen LogP contribution in [0.5, 0.6) is 0 Å². The van der Waals surface area contributed by atoms with Crippen LogP contribution in [0.3, 0.4) is 0 Å². The molecule has 0 saturated heterocycles. The van der Waals surface area contributed by atoms with Crippen LogP contribution >= 0.6 is 23.2 Å². The van der Waals surface area contributed by atoms with Gasteiger partial charge in [0.25, 0.3) is 10.0 Å². The minimum atomic E-state index is -4.27. The fourth-order valence-electron chi connectivity index (χ4n) is 4.01. The summed E-state index contributed by atoms with van der Waals surface area (Å²) in [6, 6.07) is 18.4. The van der Waals surface area contributed by atoms with E-state index < -0.39 is 22.5 Å². The number of carboxylic acid groups (broad SMARTS) is 1. The van der Waals surface area contributed by atoms with Gasteiger partial charge in [-0.15, -0.1) is 0 Å². The van der Waals surface area contributed by atoms with E-state index in [0.717, 1.165) is 51.4 Å². The summed E-state index contributed by atoms with van der Waals surface area (Å²) < 4.78 is 27.6. The number of benzene rings is 3. The van der Waals surface area contributed by atoms with E-state index in [-0.39, 0.29) is 20.6 Å². The summed E-state index contributed by atoms with van der Waals surface area (Å²) in [5, 5.41) is 20.0. The highest BCUT2D eigenvalue weighted by Crippen LogP contribution is 2.31. The summed E-state index contributed by atoms with van der Waals surface area (Å²) in [7, 11) is -0.193. The van der Waals surface area contributed by atoms with Gasteiger partial charge in [0.1, 0.15) is 6.54 Å². The highest BCUT2D eigenvalue weighted by molar-refractivity contribution is 7.92. The maximum atomic E-state index is 13.4. The van der Waals surface area contributed by atoms with Crippen LogP contribution in [0.2, 0.25) is 10.0 Å². The number of anilines is 1. The Morgan fingerprint density at radius 2 is 1.58 bits per heavy atom. The van der Waals surface area contributed by atoms with Crippen LogP contribution in [-0.4, -0.2) is 61.8 Å². The molecule has 11 heteroatoms. The van der Waals surface area contributed by atoms with Crippen molar-refractivity contribution in [2.75, 3.05) is 31.5 Å². The van der Waals surface area contributed by atoms with Crippen molar-refractivity contribution >= 4 is 55.7 Å².